The van der Waals surface area contributed by atoms with Crippen molar-refractivity contribution in [1.29, 1.82) is 0 Å². The highest BCUT2D eigenvalue weighted by molar-refractivity contribution is 7.13. The summed E-state index contributed by atoms with van der Waals surface area (Å²) in [7, 11) is 0. The van der Waals surface area contributed by atoms with E-state index in [4.69, 9.17) is 4.98 Å². The summed E-state index contributed by atoms with van der Waals surface area (Å²) in [5, 5.41) is 12.7. The number of hydrogen-bond donors (Lipinski definition) is 1. The number of rotatable bonds is 5. The summed E-state index contributed by atoms with van der Waals surface area (Å²) >= 11 is 1.72. The molecule has 0 saturated carbocycles. The minimum atomic E-state index is -0.237. The van der Waals surface area contributed by atoms with Crippen LogP contribution in [0.15, 0.2) is 35.7 Å². The fourth-order valence-electron chi connectivity index (χ4n) is 2.83. The number of benzene rings is 1. The lowest BCUT2D eigenvalue weighted by atomic mass is 10.2. The molecule has 1 atom stereocenters. The highest BCUT2D eigenvalue weighted by Crippen LogP contribution is 2.24. The monoisotopic (exact) mass is 317 g/mol. The Balaban J connectivity index is 1.54. The molecule has 1 fully saturated rings. The number of aliphatic hydroxyl groups is 1. The average Bonchev–Trinajstić information content (AvgIpc) is 2.98. The van der Waals surface area contributed by atoms with Crippen molar-refractivity contribution in [2.45, 2.75) is 19.6 Å². The summed E-state index contributed by atoms with van der Waals surface area (Å²) in [6.07, 6.45) is -0.237. The SMILES string of the molecule is C[C@@H](O)CN1CCN(Cc2csc(-c3ccccc3)n2)CC1. The third-order valence-corrected chi connectivity index (χ3v) is 4.89. The molecule has 1 aliphatic heterocycles. The second-order valence-corrected chi connectivity index (χ2v) is 6.79. The van der Waals surface area contributed by atoms with Crippen LogP contribution in [0.4, 0.5) is 0 Å². The molecule has 1 aromatic heterocycles. The summed E-state index contributed by atoms with van der Waals surface area (Å²) in [5.74, 6) is 0. The largest absolute Gasteiger partial charge is 0.392 e. The Morgan fingerprint density at radius 1 is 1.14 bits per heavy atom. The summed E-state index contributed by atoms with van der Waals surface area (Å²) < 4.78 is 0. The van der Waals surface area contributed by atoms with Gasteiger partial charge in [0.05, 0.1) is 11.8 Å². The van der Waals surface area contributed by atoms with Crippen LogP contribution in [-0.2, 0) is 6.54 Å². The lowest BCUT2D eigenvalue weighted by molar-refractivity contribution is 0.0777. The van der Waals surface area contributed by atoms with Crippen molar-refractivity contribution < 1.29 is 5.11 Å². The van der Waals surface area contributed by atoms with Crippen LogP contribution >= 0.6 is 11.3 Å². The van der Waals surface area contributed by atoms with Crippen LogP contribution in [0.1, 0.15) is 12.6 Å². The minimum absolute atomic E-state index is 0.237. The van der Waals surface area contributed by atoms with Gasteiger partial charge >= 0.3 is 0 Å². The number of β-amino-alcohol motifs (C(OH)–C–C–N with tert-alkyl or cyclic N) is 1. The van der Waals surface area contributed by atoms with Crippen LogP contribution in [0.2, 0.25) is 0 Å². The summed E-state index contributed by atoms with van der Waals surface area (Å²) in [6, 6.07) is 10.4. The predicted molar refractivity (Wildman–Crippen MR) is 90.9 cm³/mol. The smallest absolute Gasteiger partial charge is 0.123 e. The number of thiazole rings is 1. The zero-order chi connectivity index (χ0) is 15.4. The van der Waals surface area contributed by atoms with Crippen molar-refractivity contribution in [2.24, 2.45) is 0 Å². The molecule has 0 aliphatic carbocycles. The van der Waals surface area contributed by atoms with Crippen molar-refractivity contribution in [1.82, 2.24) is 14.8 Å². The second kappa shape index (κ2) is 7.33. The normalized spacial score (nSPS) is 18.5. The van der Waals surface area contributed by atoms with E-state index in [1.807, 2.05) is 13.0 Å². The molecule has 0 radical (unpaired) electrons. The Morgan fingerprint density at radius 3 is 2.50 bits per heavy atom. The Bertz CT molecular complexity index is 577. The number of aliphatic hydroxyl groups excluding tert-OH is 1. The Hall–Kier alpha value is -1.27. The van der Waals surface area contributed by atoms with E-state index < -0.39 is 0 Å². The van der Waals surface area contributed by atoms with Crippen LogP contribution < -0.4 is 0 Å². The van der Waals surface area contributed by atoms with Crippen molar-refractivity contribution >= 4 is 11.3 Å². The van der Waals surface area contributed by atoms with E-state index in [2.05, 4.69) is 39.4 Å². The van der Waals surface area contributed by atoms with Gasteiger partial charge in [-0.25, -0.2) is 4.98 Å². The van der Waals surface area contributed by atoms with Gasteiger partial charge in [0.25, 0.3) is 0 Å². The molecule has 1 aliphatic rings. The van der Waals surface area contributed by atoms with E-state index in [1.54, 1.807) is 11.3 Å². The van der Waals surface area contributed by atoms with E-state index in [0.29, 0.717) is 0 Å². The lowest BCUT2D eigenvalue weighted by Crippen LogP contribution is -2.47. The first-order valence-electron chi connectivity index (χ1n) is 7.83. The summed E-state index contributed by atoms with van der Waals surface area (Å²) in [5.41, 5.74) is 2.35. The molecular weight excluding hydrogens is 294 g/mol. The van der Waals surface area contributed by atoms with Crippen LogP contribution in [0.5, 0.6) is 0 Å². The van der Waals surface area contributed by atoms with Gasteiger partial charge in [-0.05, 0) is 6.92 Å². The highest BCUT2D eigenvalue weighted by atomic mass is 32.1. The molecule has 1 N–H and O–H groups in total. The first-order chi connectivity index (χ1) is 10.7. The van der Waals surface area contributed by atoms with Crippen molar-refractivity contribution in [3.63, 3.8) is 0 Å². The maximum atomic E-state index is 9.45. The molecular formula is C17H23N3OS. The van der Waals surface area contributed by atoms with E-state index in [-0.39, 0.29) is 6.10 Å². The first kappa shape index (κ1) is 15.6. The van der Waals surface area contributed by atoms with Gasteiger partial charge in [0.1, 0.15) is 5.01 Å². The summed E-state index contributed by atoms with van der Waals surface area (Å²) in [6.45, 7) is 7.71. The molecule has 0 amide bonds. The minimum Gasteiger partial charge on any atom is -0.392 e. The third-order valence-electron chi connectivity index (χ3n) is 3.95. The molecule has 22 heavy (non-hydrogen) atoms. The van der Waals surface area contributed by atoms with Gasteiger partial charge in [-0.1, -0.05) is 30.3 Å². The first-order valence-corrected chi connectivity index (χ1v) is 8.71. The van der Waals surface area contributed by atoms with Crippen LogP contribution in [0.25, 0.3) is 10.6 Å². The van der Waals surface area contributed by atoms with Crippen molar-refractivity contribution in [3.8, 4) is 10.6 Å². The van der Waals surface area contributed by atoms with Crippen molar-refractivity contribution in [3.05, 3.63) is 41.4 Å². The summed E-state index contributed by atoms with van der Waals surface area (Å²) in [4.78, 5) is 9.54. The van der Waals surface area contributed by atoms with Crippen LogP contribution in [-0.4, -0.2) is 58.7 Å². The molecule has 118 valence electrons. The number of piperazine rings is 1. The molecule has 2 aromatic rings. The zero-order valence-corrected chi connectivity index (χ0v) is 13.8. The number of aromatic nitrogens is 1. The van der Waals surface area contributed by atoms with E-state index in [1.165, 1.54) is 5.56 Å². The molecule has 1 aromatic carbocycles. The second-order valence-electron chi connectivity index (χ2n) is 5.94. The van der Waals surface area contributed by atoms with Gasteiger partial charge in [0, 0.05) is 50.2 Å². The standard InChI is InChI=1S/C17H23N3OS/c1-14(21)11-19-7-9-20(10-8-19)12-16-13-22-17(18-16)15-5-3-2-4-6-15/h2-6,13-14,21H,7-12H2,1H3/t14-/m1/s1. The molecule has 3 rings (SSSR count). The average molecular weight is 317 g/mol. The zero-order valence-electron chi connectivity index (χ0n) is 13.0. The van der Waals surface area contributed by atoms with Gasteiger partial charge in [-0.2, -0.15) is 0 Å². The van der Waals surface area contributed by atoms with Gasteiger partial charge < -0.3 is 5.11 Å². The van der Waals surface area contributed by atoms with Gasteiger partial charge in [-0.15, -0.1) is 11.3 Å². The number of nitrogens with zero attached hydrogens (tertiary/aromatic N) is 3. The highest BCUT2D eigenvalue weighted by Gasteiger charge is 2.18. The molecule has 0 spiro atoms. The topological polar surface area (TPSA) is 39.6 Å². The van der Waals surface area contributed by atoms with Crippen LogP contribution in [0, 0.1) is 0 Å². The quantitative estimate of drug-likeness (QED) is 0.918. The Labute approximate surface area is 136 Å². The Morgan fingerprint density at radius 2 is 1.82 bits per heavy atom. The molecule has 5 heteroatoms. The van der Waals surface area contributed by atoms with Crippen molar-refractivity contribution in [2.75, 3.05) is 32.7 Å². The fraction of sp³-hybridized carbons (Fsp3) is 0.471. The van der Waals surface area contributed by atoms with Gasteiger partial charge in [0.15, 0.2) is 0 Å². The van der Waals surface area contributed by atoms with E-state index in [9.17, 15) is 5.11 Å². The molecule has 0 bridgehead atoms. The van der Waals surface area contributed by atoms with Gasteiger partial charge in [0.2, 0.25) is 0 Å². The molecule has 1 saturated heterocycles. The van der Waals surface area contributed by atoms with E-state index >= 15 is 0 Å². The van der Waals surface area contributed by atoms with Gasteiger partial charge in [-0.3, -0.25) is 9.80 Å². The lowest BCUT2D eigenvalue weighted by Gasteiger charge is -2.34. The molecule has 2 heterocycles. The van der Waals surface area contributed by atoms with E-state index in [0.717, 1.165) is 50.0 Å². The maximum absolute atomic E-state index is 9.45. The van der Waals surface area contributed by atoms with Crippen LogP contribution in [0.3, 0.4) is 0 Å². The Kier molecular flexibility index (Phi) is 5.20. The third kappa shape index (κ3) is 4.14. The number of hydrogen-bond acceptors (Lipinski definition) is 5. The predicted octanol–water partition coefficient (Wildman–Crippen LogP) is 2.31. The molecule has 4 nitrogen and oxygen atoms in total. The maximum Gasteiger partial charge on any atom is 0.123 e. The molecule has 0 unspecified atom stereocenters. The fourth-order valence-corrected chi connectivity index (χ4v) is 3.64.